The molecule has 9 heavy (non-hydrogen) atoms. The lowest BCUT2D eigenvalue weighted by molar-refractivity contribution is -0.413. The van der Waals surface area contributed by atoms with Crippen molar-refractivity contribution in [3.05, 3.63) is 0 Å². The molecule has 0 aliphatic heterocycles. The summed E-state index contributed by atoms with van der Waals surface area (Å²) in [6.07, 6.45) is 2.20. The Morgan fingerprint density at radius 3 is 2.44 bits per heavy atom. The van der Waals surface area contributed by atoms with E-state index in [2.05, 4.69) is 12.6 Å². The molecule has 0 radical (unpaired) electrons. The number of carbonyl (C=O) groups excluding carboxylic acids is 2. The average Bonchev–Trinajstić information content (AvgIpc) is 1.82. The maximum Gasteiger partial charge on any atom is 0.457 e. The molecule has 0 atom stereocenters. The Bertz CT molecular complexity index is 160. The van der Waals surface area contributed by atoms with E-state index in [0.717, 1.165) is 11.0 Å². The molecule has 0 saturated carbocycles. The molecule has 0 aliphatic carbocycles. The van der Waals surface area contributed by atoms with Crippen LogP contribution in [0.5, 0.6) is 0 Å². The molecule has 0 rings (SSSR count). The lowest BCUT2D eigenvalue weighted by Gasteiger charge is -1.84. The zero-order chi connectivity index (χ0) is 7.28. The van der Waals surface area contributed by atoms with Crippen LogP contribution in [-0.2, 0) is 4.79 Å². The van der Waals surface area contributed by atoms with E-state index in [0.29, 0.717) is 6.54 Å². The first-order chi connectivity index (χ1) is 4.22. The Morgan fingerprint density at radius 1 is 1.78 bits per heavy atom. The normalized spacial score (nSPS) is 8.22. The van der Waals surface area contributed by atoms with Gasteiger partial charge < -0.3 is 0 Å². The van der Waals surface area contributed by atoms with Crippen LogP contribution in [0.1, 0.15) is 13.3 Å². The first kappa shape index (κ1) is 8.40. The molecule has 0 saturated heterocycles. The lowest BCUT2D eigenvalue weighted by Crippen LogP contribution is -2.13. The minimum absolute atomic E-state index is 0.395. The quantitative estimate of drug-likeness (QED) is 0.271. The fourth-order valence-electron chi connectivity index (χ4n) is 0.404. The van der Waals surface area contributed by atoms with Crippen LogP contribution in [0.4, 0.5) is 4.79 Å². The van der Waals surface area contributed by atoms with Crippen LogP contribution in [0.2, 0.25) is 0 Å². The van der Waals surface area contributed by atoms with Gasteiger partial charge in [0.15, 0.2) is 6.54 Å². The molecule has 50 valence electrons. The van der Waals surface area contributed by atoms with E-state index < -0.39 is 5.24 Å². The number of hydrogen-bond donors (Lipinski definition) is 1. The summed E-state index contributed by atoms with van der Waals surface area (Å²) in [5.41, 5.74) is 0. The molecule has 0 spiro atoms. The van der Waals surface area contributed by atoms with E-state index in [-0.39, 0.29) is 0 Å². The first-order valence-electron chi connectivity index (χ1n) is 2.60. The van der Waals surface area contributed by atoms with E-state index in [1.54, 1.807) is 0 Å². The third-order valence-corrected chi connectivity index (χ3v) is 1.03. The Kier molecular flexibility index (Phi) is 4.01. The van der Waals surface area contributed by atoms with Gasteiger partial charge in [-0.1, -0.05) is 11.5 Å². The minimum atomic E-state index is -0.549. The Morgan fingerprint density at radius 2 is 2.33 bits per heavy atom. The molecule has 0 aliphatic rings. The first-order valence-corrected chi connectivity index (χ1v) is 3.05. The minimum Gasteiger partial charge on any atom is -0.207 e. The molecule has 0 bridgehead atoms. The van der Waals surface area contributed by atoms with Crippen LogP contribution in [-0.4, -0.2) is 22.4 Å². The lowest BCUT2D eigenvalue weighted by atomic mass is 10.5. The molecule has 0 fully saturated rings. The van der Waals surface area contributed by atoms with Gasteiger partial charge in [0.05, 0.1) is 0 Å². The summed E-state index contributed by atoms with van der Waals surface area (Å²) < 4.78 is 0.892. The molecule has 4 heteroatoms. The molecule has 3 nitrogen and oxygen atoms in total. The molecular formula is C5H8NO2S+. The van der Waals surface area contributed by atoms with Gasteiger partial charge in [0, 0.05) is 6.42 Å². The van der Waals surface area contributed by atoms with E-state index >= 15 is 0 Å². The highest BCUT2D eigenvalue weighted by atomic mass is 32.1. The van der Waals surface area contributed by atoms with Gasteiger partial charge in [-0.2, -0.15) is 4.79 Å². The largest absolute Gasteiger partial charge is 0.457 e. The monoisotopic (exact) mass is 146 g/mol. The molecule has 0 aromatic carbocycles. The zero-order valence-corrected chi connectivity index (χ0v) is 6.02. The number of isocyanates is 1. The molecule has 0 aromatic rings. The summed E-state index contributed by atoms with van der Waals surface area (Å²) in [6.45, 7) is 2.26. The predicted molar refractivity (Wildman–Crippen MR) is 35.5 cm³/mol. The van der Waals surface area contributed by atoms with Crippen molar-refractivity contribution in [3.63, 3.8) is 0 Å². The van der Waals surface area contributed by atoms with Crippen molar-refractivity contribution >= 4 is 23.9 Å². The second-order valence-corrected chi connectivity index (χ2v) is 1.91. The highest BCUT2D eigenvalue weighted by Gasteiger charge is 2.10. The fraction of sp³-hybridized carbons (Fsp3) is 0.600. The summed E-state index contributed by atoms with van der Waals surface area (Å²) >= 11 is 3.43. The van der Waals surface area contributed by atoms with Crippen molar-refractivity contribution in [2.75, 3.05) is 6.54 Å². The third-order valence-electron chi connectivity index (χ3n) is 0.788. The van der Waals surface area contributed by atoms with Crippen molar-refractivity contribution < 1.29 is 14.2 Å². The average molecular weight is 146 g/mol. The summed E-state index contributed by atoms with van der Waals surface area (Å²) in [4.78, 5) is 20.2. The van der Waals surface area contributed by atoms with Gasteiger partial charge in [0.25, 0.3) is 0 Å². The van der Waals surface area contributed by atoms with Gasteiger partial charge in [-0.05, 0) is 12.6 Å². The Hall–Kier alpha value is -0.600. The predicted octanol–water partition coefficient (Wildman–Crippen LogP) is 0.794. The van der Waals surface area contributed by atoms with E-state index in [4.69, 9.17) is 0 Å². The molecule has 0 N–H and O–H groups in total. The highest BCUT2D eigenvalue weighted by Crippen LogP contribution is 1.86. The van der Waals surface area contributed by atoms with Gasteiger partial charge >= 0.3 is 11.3 Å². The summed E-state index contributed by atoms with van der Waals surface area (Å²) in [5, 5.41) is -0.549. The maximum atomic E-state index is 10.3. The smallest absolute Gasteiger partial charge is 0.207 e. The number of hydrogen-bond acceptors (Lipinski definition) is 2. The van der Waals surface area contributed by atoms with Crippen LogP contribution in [0.15, 0.2) is 0 Å². The van der Waals surface area contributed by atoms with E-state index in [1.807, 2.05) is 6.92 Å². The summed E-state index contributed by atoms with van der Waals surface area (Å²) in [5.74, 6) is 0. The summed E-state index contributed by atoms with van der Waals surface area (Å²) in [6, 6.07) is 0. The number of thiol groups is 1. The van der Waals surface area contributed by atoms with Gasteiger partial charge in [-0.25, -0.2) is 4.79 Å². The van der Waals surface area contributed by atoms with Crippen molar-refractivity contribution in [1.82, 2.24) is 0 Å². The standard InChI is InChI=1S/C5H7NO2S/c1-2-3-6(4-7)5(8)9/h2-3H2,1H3/p+1. The van der Waals surface area contributed by atoms with Gasteiger partial charge in [-0.3, -0.25) is 0 Å². The van der Waals surface area contributed by atoms with Crippen LogP contribution in [0.3, 0.4) is 0 Å². The van der Waals surface area contributed by atoms with Gasteiger partial charge in [0.2, 0.25) is 0 Å². The second kappa shape index (κ2) is 4.30. The van der Waals surface area contributed by atoms with Gasteiger partial charge in [-0.15, -0.1) is 0 Å². The number of rotatable bonds is 2. The van der Waals surface area contributed by atoms with Crippen molar-refractivity contribution in [1.29, 1.82) is 0 Å². The van der Waals surface area contributed by atoms with Crippen molar-refractivity contribution in [2.24, 2.45) is 0 Å². The summed E-state index contributed by atoms with van der Waals surface area (Å²) in [7, 11) is 0. The Balaban J connectivity index is 4.02. The number of nitrogens with zero attached hydrogens (tertiary/aromatic N) is 1. The topological polar surface area (TPSA) is 37.1 Å². The third kappa shape index (κ3) is 3.06. The molecule has 1 amide bonds. The molecule has 0 aromatic heterocycles. The fourth-order valence-corrected chi connectivity index (χ4v) is 0.545. The van der Waals surface area contributed by atoms with Crippen LogP contribution >= 0.6 is 12.6 Å². The van der Waals surface area contributed by atoms with Crippen molar-refractivity contribution in [2.45, 2.75) is 13.3 Å². The zero-order valence-electron chi connectivity index (χ0n) is 5.13. The van der Waals surface area contributed by atoms with Crippen LogP contribution in [0, 0.1) is 0 Å². The second-order valence-electron chi connectivity index (χ2n) is 1.53. The highest BCUT2D eigenvalue weighted by molar-refractivity contribution is 7.96. The maximum absolute atomic E-state index is 10.3. The molecular weight excluding hydrogens is 138 g/mol. The molecule has 0 heterocycles. The molecule has 0 unspecified atom stereocenters. The van der Waals surface area contributed by atoms with Crippen LogP contribution < -0.4 is 0 Å². The van der Waals surface area contributed by atoms with Crippen molar-refractivity contribution in [3.8, 4) is 0 Å². The number of carbonyl (C=O) groups is 1. The Labute approximate surface area is 58.8 Å². The van der Waals surface area contributed by atoms with Gasteiger partial charge in [0.1, 0.15) is 0 Å². The van der Waals surface area contributed by atoms with Crippen LogP contribution in [0.25, 0.3) is 0 Å². The SMILES string of the molecule is CCC[N+](=C=O)C(=O)S. The van der Waals surface area contributed by atoms with E-state index in [1.165, 1.54) is 6.08 Å². The van der Waals surface area contributed by atoms with E-state index in [9.17, 15) is 9.59 Å². The number of amides is 1.